The van der Waals surface area contributed by atoms with Crippen LogP contribution in [0, 0.1) is 0 Å². The predicted molar refractivity (Wildman–Crippen MR) is 275 cm³/mol. The number of hydrogen-bond acceptors (Lipinski definition) is 1. The lowest BCUT2D eigenvalue weighted by molar-refractivity contribution is 0.660. The van der Waals surface area contributed by atoms with Crippen LogP contribution in [-0.4, -0.2) is 4.57 Å². The Hall–Kier alpha value is -8.20. The van der Waals surface area contributed by atoms with Crippen LogP contribution in [0.5, 0.6) is 0 Å². The molecule has 0 amide bonds. The molecular formula is C63H46N2. The summed E-state index contributed by atoms with van der Waals surface area (Å²) >= 11 is 0. The molecule has 1 aliphatic rings. The Balaban J connectivity index is 1.07. The van der Waals surface area contributed by atoms with E-state index in [0.717, 1.165) is 33.8 Å². The van der Waals surface area contributed by atoms with Gasteiger partial charge in [0.25, 0.3) is 0 Å². The normalized spacial score (nSPS) is 12.6. The fourth-order valence-corrected chi connectivity index (χ4v) is 10.6. The predicted octanol–water partition coefficient (Wildman–Crippen LogP) is 17.2. The van der Waals surface area contributed by atoms with E-state index >= 15 is 0 Å². The molecule has 2 heteroatoms. The first kappa shape index (κ1) is 38.5. The molecule has 0 fully saturated rings. The van der Waals surface area contributed by atoms with Crippen LogP contribution in [0.25, 0.3) is 83.1 Å². The molecule has 0 saturated carbocycles. The first-order chi connectivity index (χ1) is 32.0. The molecule has 2 nitrogen and oxygen atoms in total. The molecule has 12 rings (SSSR count). The summed E-state index contributed by atoms with van der Waals surface area (Å²) in [5, 5.41) is 2.41. The number of aromatic nitrogens is 1. The Morgan fingerprint density at radius 3 is 1.62 bits per heavy atom. The van der Waals surface area contributed by atoms with Gasteiger partial charge in [-0.1, -0.05) is 202 Å². The Morgan fingerprint density at radius 1 is 0.338 bits per heavy atom. The van der Waals surface area contributed by atoms with Crippen LogP contribution in [0.2, 0.25) is 0 Å². The highest BCUT2D eigenvalue weighted by molar-refractivity contribution is 6.17. The van der Waals surface area contributed by atoms with Crippen molar-refractivity contribution in [2.45, 2.75) is 19.3 Å². The standard InChI is InChI=1S/C63H46N2/c1-63(2)56-31-16-13-28-52(56)53-41-38-45(42-57(53)63)43-36-39-47(40-37-43)65(61-35-19-34-60-62(61)55-30-15-18-33-59(55)64(60)46-22-7-4-8-23-46)58-32-17-14-29-54(58)51-27-12-11-26-50(51)49-25-10-9-24-48(49)44-20-5-3-6-21-44/h3-42H,1-2H3. The molecule has 0 saturated heterocycles. The molecule has 0 atom stereocenters. The first-order valence-corrected chi connectivity index (χ1v) is 22.6. The summed E-state index contributed by atoms with van der Waals surface area (Å²) < 4.78 is 2.41. The lowest BCUT2D eigenvalue weighted by atomic mass is 9.81. The monoisotopic (exact) mass is 830 g/mol. The van der Waals surface area contributed by atoms with Crippen molar-refractivity contribution >= 4 is 38.9 Å². The van der Waals surface area contributed by atoms with E-state index in [4.69, 9.17) is 0 Å². The zero-order chi connectivity index (χ0) is 43.5. The summed E-state index contributed by atoms with van der Waals surface area (Å²) in [6.07, 6.45) is 0. The number of rotatable bonds is 8. The zero-order valence-corrected chi connectivity index (χ0v) is 36.5. The Morgan fingerprint density at radius 2 is 0.862 bits per heavy atom. The highest BCUT2D eigenvalue weighted by Crippen LogP contribution is 2.51. The van der Waals surface area contributed by atoms with Crippen LogP contribution in [0.15, 0.2) is 243 Å². The topological polar surface area (TPSA) is 8.17 Å². The maximum absolute atomic E-state index is 2.49. The van der Waals surface area contributed by atoms with E-state index in [-0.39, 0.29) is 5.41 Å². The van der Waals surface area contributed by atoms with Gasteiger partial charge in [-0.25, -0.2) is 0 Å². The second kappa shape index (κ2) is 15.6. The van der Waals surface area contributed by atoms with Crippen LogP contribution < -0.4 is 4.90 Å². The van der Waals surface area contributed by atoms with E-state index < -0.39 is 0 Å². The van der Waals surface area contributed by atoms with Crippen molar-refractivity contribution in [3.05, 3.63) is 254 Å². The third kappa shape index (κ3) is 6.32. The quantitative estimate of drug-likeness (QED) is 0.148. The molecule has 308 valence electrons. The van der Waals surface area contributed by atoms with Gasteiger partial charge in [-0.2, -0.15) is 0 Å². The van der Waals surface area contributed by atoms with Gasteiger partial charge in [0.15, 0.2) is 0 Å². The first-order valence-electron chi connectivity index (χ1n) is 22.6. The molecule has 0 aliphatic heterocycles. The van der Waals surface area contributed by atoms with E-state index in [1.807, 2.05) is 0 Å². The molecule has 0 radical (unpaired) electrons. The van der Waals surface area contributed by atoms with Gasteiger partial charge in [0.05, 0.1) is 22.4 Å². The van der Waals surface area contributed by atoms with Crippen molar-refractivity contribution in [2.75, 3.05) is 4.90 Å². The van der Waals surface area contributed by atoms with Gasteiger partial charge in [-0.05, 0) is 116 Å². The number of para-hydroxylation sites is 3. The van der Waals surface area contributed by atoms with E-state index in [9.17, 15) is 0 Å². The van der Waals surface area contributed by atoms with Crippen molar-refractivity contribution < 1.29 is 0 Å². The van der Waals surface area contributed by atoms with Gasteiger partial charge >= 0.3 is 0 Å². The van der Waals surface area contributed by atoms with Crippen molar-refractivity contribution in [1.82, 2.24) is 4.57 Å². The molecule has 65 heavy (non-hydrogen) atoms. The third-order valence-corrected chi connectivity index (χ3v) is 13.6. The largest absolute Gasteiger partial charge is 0.309 e. The smallest absolute Gasteiger partial charge is 0.0562 e. The Bertz CT molecular complexity index is 3560. The van der Waals surface area contributed by atoms with Crippen molar-refractivity contribution in [3.63, 3.8) is 0 Å². The lowest BCUT2D eigenvalue weighted by Gasteiger charge is -2.29. The number of benzene rings is 10. The minimum atomic E-state index is -0.0715. The van der Waals surface area contributed by atoms with Crippen LogP contribution in [0.1, 0.15) is 25.0 Å². The Kier molecular flexibility index (Phi) is 9.21. The van der Waals surface area contributed by atoms with Crippen molar-refractivity contribution in [3.8, 4) is 61.3 Å². The summed E-state index contributed by atoms with van der Waals surface area (Å²) in [6, 6.07) is 88.9. The number of hydrogen-bond donors (Lipinski definition) is 0. The van der Waals surface area contributed by atoms with Crippen molar-refractivity contribution in [2.24, 2.45) is 0 Å². The summed E-state index contributed by atoms with van der Waals surface area (Å²) in [7, 11) is 0. The van der Waals surface area contributed by atoms with Gasteiger partial charge in [0.1, 0.15) is 0 Å². The minimum absolute atomic E-state index is 0.0715. The molecule has 1 aliphatic carbocycles. The van der Waals surface area contributed by atoms with E-state index in [1.54, 1.807) is 0 Å². The minimum Gasteiger partial charge on any atom is -0.309 e. The molecular weight excluding hydrogens is 785 g/mol. The fourth-order valence-electron chi connectivity index (χ4n) is 10.6. The van der Waals surface area contributed by atoms with Crippen LogP contribution >= 0.6 is 0 Å². The molecule has 10 aromatic carbocycles. The molecule has 1 heterocycles. The second-order valence-electron chi connectivity index (χ2n) is 17.6. The average molecular weight is 831 g/mol. The average Bonchev–Trinajstić information content (AvgIpc) is 3.83. The number of fused-ring (bicyclic) bond motifs is 6. The Labute approximate surface area is 381 Å². The highest BCUT2D eigenvalue weighted by atomic mass is 15.2. The van der Waals surface area contributed by atoms with Crippen molar-refractivity contribution in [1.29, 1.82) is 0 Å². The van der Waals surface area contributed by atoms with Crippen LogP contribution in [0.3, 0.4) is 0 Å². The molecule has 0 N–H and O–H groups in total. The fraction of sp³-hybridized carbons (Fsp3) is 0.0476. The maximum Gasteiger partial charge on any atom is 0.0562 e. The van der Waals surface area contributed by atoms with Gasteiger partial charge in [0.2, 0.25) is 0 Å². The zero-order valence-electron chi connectivity index (χ0n) is 36.5. The summed E-state index contributed by atoms with van der Waals surface area (Å²) in [5.41, 5.74) is 21.7. The van der Waals surface area contributed by atoms with Gasteiger partial charge in [-0.15, -0.1) is 0 Å². The van der Waals surface area contributed by atoms with Crippen LogP contribution in [-0.2, 0) is 5.41 Å². The van der Waals surface area contributed by atoms with Crippen LogP contribution in [0.4, 0.5) is 17.1 Å². The van der Waals surface area contributed by atoms with E-state index in [2.05, 4.69) is 266 Å². The highest BCUT2D eigenvalue weighted by Gasteiger charge is 2.35. The molecule has 11 aromatic rings. The van der Waals surface area contributed by atoms with Gasteiger partial charge in [0, 0.05) is 33.1 Å². The van der Waals surface area contributed by atoms with Gasteiger partial charge < -0.3 is 9.47 Å². The maximum atomic E-state index is 2.49. The van der Waals surface area contributed by atoms with E-state index in [0.29, 0.717) is 0 Å². The summed E-state index contributed by atoms with van der Waals surface area (Å²) in [6.45, 7) is 4.71. The second-order valence-corrected chi connectivity index (χ2v) is 17.6. The molecule has 0 unspecified atom stereocenters. The number of nitrogens with zero attached hydrogens (tertiary/aromatic N) is 2. The summed E-state index contributed by atoms with van der Waals surface area (Å²) in [4.78, 5) is 2.49. The summed E-state index contributed by atoms with van der Waals surface area (Å²) in [5.74, 6) is 0. The number of anilines is 3. The van der Waals surface area contributed by atoms with E-state index in [1.165, 1.54) is 77.5 Å². The molecule has 0 spiro atoms. The molecule has 1 aromatic heterocycles. The molecule has 0 bridgehead atoms. The third-order valence-electron chi connectivity index (χ3n) is 13.6. The SMILES string of the molecule is CC1(C)c2ccccc2-c2ccc(-c3ccc(N(c4ccccc4-c4ccccc4-c4ccccc4-c4ccccc4)c4cccc5c4c4ccccc4n5-c4ccccc4)cc3)cc21. The lowest BCUT2D eigenvalue weighted by Crippen LogP contribution is -2.14. The van der Waals surface area contributed by atoms with Gasteiger partial charge in [-0.3, -0.25) is 0 Å².